The Labute approximate surface area is 158 Å². The number of aryl methyl sites for hydroxylation is 1. The lowest BCUT2D eigenvalue weighted by Gasteiger charge is -2.41. The minimum absolute atomic E-state index is 0.0173. The lowest BCUT2D eigenvalue weighted by molar-refractivity contribution is -0.101. The number of aliphatic hydroxyl groups is 2. The molecule has 0 amide bonds. The molecule has 0 bridgehead atoms. The zero-order valence-electron chi connectivity index (χ0n) is 14.9. The summed E-state index contributed by atoms with van der Waals surface area (Å²) in [7, 11) is -3.84. The summed E-state index contributed by atoms with van der Waals surface area (Å²) in [4.78, 5) is 0.294. The third-order valence-corrected chi connectivity index (χ3v) is 7.48. The van der Waals surface area contributed by atoms with E-state index in [-0.39, 0.29) is 23.0 Å². The van der Waals surface area contributed by atoms with Gasteiger partial charge in [-0.2, -0.15) is 0 Å². The van der Waals surface area contributed by atoms with E-state index in [9.17, 15) is 18.6 Å². The molecular formula is C21H22O5S. The van der Waals surface area contributed by atoms with Crippen molar-refractivity contribution in [2.24, 2.45) is 5.92 Å². The fraction of sp³-hybridized carbons (Fsp3) is 0.333. The first kappa shape index (κ1) is 18.4. The van der Waals surface area contributed by atoms with Crippen LogP contribution in [0, 0.1) is 12.8 Å². The Balaban J connectivity index is 1.89. The van der Waals surface area contributed by atoms with E-state index in [4.69, 9.17) is 4.74 Å². The van der Waals surface area contributed by atoms with Crippen LogP contribution in [0.5, 0.6) is 0 Å². The molecule has 1 heterocycles. The van der Waals surface area contributed by atoms with E-state index in [0.717, 1.165) is 5.56 Å². The summed E-state index contributed by atoms with van der Waals surface area (Å²) in [5.74, 6) is -1.43. The molecule has 0 saturated carbocycles. The van der Waals surface area contributed by atoms with Crippen molar-refractivity contribution in [1.29, 1.82) is 0 Å². The molecule has 1 saturated heterocycles. The van der Waals surface area contributed by atoms with Crippen LogP contribution in [0.3, 0.4) is 0 Å². The van der Waals surface area contributed by atoms with Gasteiger partial charge in [0.1, 0.15) is 5.60 Å². The maximum atomic E-state index is 13.4. The van der Waals surface area contributed by atoms with Gasteiger partial charge in [-0.1, -0.05) is 54.1 Å². The predicted molar refractivity (Wildman–Crippen MR) is 101 cm³/mol. The van der Waals surface area contributed by atoms with Crippen LogP contribution in [-0.4, -0.2) is 43.5 Å². The number of fused-ring (bicyclic) bond motifs is 1. The second-order valence-corrected chi connectivity index (χ2v) is 9.28. The van der Waals surface area contributed by atoms with E-state index < -0.39 is 33.4 Å². The first-order valence-corrected chi connectivity index (χ1v) is 10.4. The van der Waals surface area contributed by atoms with Crippen molar-refractivity contribution in [3.8, 4) is 0 Å². The van der Waals surface area contributed by atoms with Crippen LogP contribution in [-0.2, 0) is 14.6 Å². The van der Waals surface area contributed by atoms with Crippen LogP contribution in [0.1, 0.15) is 17.0 Å². The molecule has 2 N–H and O–H groups in total. The second-order valence-electron chi connectivity index (χ2n) is 7.33. The van der Waals surface area contributed by atoms with Crippen molar-refractivity contribution in [3.63, 3.8) is 0 Å². The van der Waals surface area contributed by atoms with Gasteiger partial charge in [0, 0.05) is 11.8 Å². The summed E-state index contributed by atoms with van der Waals surface area (Å²) in [5.41, 5.74) is 0.114. The average Bonchev–Trinajstić information content (AvgIpc) is 3.05. The lowest BCUT2D eigenvalue weighted by atomic mass is 9.72. The molecule has 4 rings (SSSR count). The Morgan fingerprint density at radius 1 is 1.07 bits per heavy atom. The first-order valence-electron chi connectivity index (χ1n) is 8.90. The molecule has 4 atom stereocenters. The molecule has 1 aliphatic heterocycles. The highest BCUT2D eigenvalue weighted by Crippen LogP contribution is 2.47. The van der Waals surface area contributed by atoms with Gasteiger partial charge in [-0.25, -0.2) is 8.42 Å². The quantitative estimate of drug-likeness (QED) is 0.845. The van der Waals surface area contributed by atoms with E-state index in [0.29, 0.717) is 5.56 Å². The van der Waals surface area contributed by atoms with Crippen LogP contribution >= 0.6 is 0 Å². The molecule has 0 radical (unpaired) electrons. The Hall–Kier alpha value is -1.99. The Morgan fingerprint density at radius 2 is 1.74 bits per heavy atom. The normalized spacial score (nSPS) is 30.6. The van der Waals surface area contributed by atoms with Gasteiger partial charge in [0.25, 0.3) is 0 Å². The van der Waals surface area contributed by atoms with Gasteiger partial charge in [0.2, 0.25) is 9.84 Å². The van der Waals surface area contributed by atoms with Gasteiger partial charge in [-0.05, 0) is 24.6 Å². The van der Waals surface area contributed by atoms with Crippen LogP contribution in [0.15, 0.2) is 70.5 Å². The molecule has 5 nitrogen and oxygen atoms in total. The summed E-state index contributed by atoms with van der Waals surface area (Å²) in [6, 6.07) is 15.6. The number of ether oxygens (including phenoxy) is 1. The Bertz CT molecular complexity index is 965. The number of rotatable bonds is 3. The Kier molecular flexibility index (Phi) is 4.47. The summed E-state index contributed by atoms with van der Waals surface area (Å²) in [6.07, 6.45) is 0.291. The van der Waals surface area contributed by atoms with Crippen LogP contribution in [0.2, 0.25) is 0 Å². The summed E-state index contributed by atoms with van der Waals surface area (Å²) in [6.45, 7) is 2.06. The molecule has 0 unspecified atom stereocenters. The van der Waals surface area contributed by atoms with Gasteiger partial charge in [-0.15, -0.1) is 0 Å². The average molecular weight is 386 g/mol. The smallest absolute Gasteiger partial charge is 0.203 e. The standard InChI is InChI=1S/C21H22O5S/c1-14-7-9-17(10-8-14)27(24,25)18-11-16-12-26-13-21(16,23)20(22)19(18)15-5-3-2-4-6-15/h2-11,16,19-20,22-23H,12-13H2,1H3/t16-,19-,20+,21-/m0/s1. The van der Waals surface area contributed by atoms with E-state index >= 15 is 0 Å². The zero-order chi connectivity index (χ0) is 19.2. The van der Waals surface area contributed by atoms with Crippen LogP contribution in [0.4, 0.5) is 0 Å². The second kappa shape index (κ2) is 6.56. The third-order valence-electron chi connectivity index (χ3n) is 5.57. The van der Waals surface area contributed by atoms with Crippen molar-refractivity contribution >= 4 is 9.84 Å². The first-order chi connectivity index (χ1) is 12.8. The molecule has 1 fully saturated rings. The highest BCUT2D eigenvalue weighted by molar-refractivity contribution is 7.95. The summed E-state index contributed by atoms with van der Waals surface area (Å²) < 4.78 is 32.2. The molecule has 1 aliphatic carbocycles. The number of aliphatic hydroxyl groups excluding tert-OH is 1. The fourth-order valence-corrected chi connectivity index (χ4v) is 5.67. The van der Waals surface area contributed by atoms with E-state index in [2.05, 4.69) is 0 Å². The highest BCUT2D eigenvalue weighted by Gasteiger charge is 2.55. The molecule has 0 aromatic heterocycles. The molecule has 2 aromatic carbocycles. The topological polar surface area (TPSA) is 83.8 Å². The largest absolute Gasteiger partial charge is 0.389 e. The van der Waals surface area contributed by atoms with Crippen LogP contribution in [0.25, 0.3) is 0 Å². The van der Waals surface area contributed by atoms with E-state index in [1.165, 1.54) is 0 Å². The minimum atomic E-state index is -3.84. The van der Waals surface area contributed by atoms with E-state index in [1.807, 2.05) is 13.0 Å². The van der Waals surface area contributed by atoms with Gasteiger partial charge in [0.05, 0.1) is 29.1 Å². The zero-order valence-corrected chi connectivity index (χ0v) is 15.8. The van der Waals surface area contributed by atoms with Crippen molar-refractivity contribution in [2.45, 2.75) is 29.4 Å². The number of hydrogen-bond donors (Lipinski definition) is 2. The highest BCUT2D eigenvalue weighted by atomic mass is 32.2. The van der Waals surface area contributed by atoms with Crippen molar-refractivity contribution in [2.75, 3.05) is 13.2 Å². The minimum Gasteiger partial charge on any atom is -0.389 e. The molecule has 142 valence electrons. The summed E-state index contributed by atoms with van der Waals surface area (Å²) >= 11 is 0. The van der Waals surface area contributed by atoms with Gasteiger partial charge >= 0.3 is 0 Å². The summed E-state index contributed by atoms with van der Waals surface area (Å²) in [5, 5.41) is 22.0. The van der Waals surface area contributed by atoms with Crippen molar-refractivity contribution in [1.82, 2.24) is 0 Å². The molecule has 2 aliphatic rings. The number of hydrogen-bond acceptors (Lipinski definition) is 5. The number of benzene rings is 2. The molecule has 27 heavy (non-hydrogen) atoms. The van der Waals surface area contributed by atoms with Gasteiger partial charge in [-0.3, -0.25) is 0 Å². The SMILES string of the molecule is Cc1ccc(S(=O)(=O)C2=C[C@H]3COC[C@@]3(O)[C@H](O)[C@H]2c2ccccc2)cc1. The van der Waals surface area contributed by atoms with E-state index in [1.54, 1.807) is 54.6 Å². The molecule has 0 spiro atoms. The number of sulfone groups is 1. The molecule has 2 aromatic rings. The Morgan fingerprint density at radius 3 is 2.41 bits per heavy atom. The monoisotopic (exact) mass is 386 g/mol. The lowest BCUT2D eigenvalue weighted by Crippen LogP contribution is -2.54. The van der Waals surface area contributed by atoms with Crippen molar-refractivity contribution < 1.29 is 23.4 Å². The van der Waals surface area contributed by atoms with Gasteiger partial charge in [0.15, 0.2) is 0 Å². The molecular weight excluding hydrogens is 364 g/mol. The molecule has 6 heteroatoms. The maximum absolute atomic E-state index is 13.4. The van der Waals surface area contributed by atoms with Crippen LogP contribution < -0.4 is 0 Å². The fourth-order valence-electron chi connectivity index (χ4n) is 3.96. The third kappa shape index (κ3) is 2.93. The maximum Gasteiger partial charge on any atom is 0.203 e. The van der Waals surface area contributed by atoms with Crippen molar-refractivity contribution in [3.05, 3.63) is 76.7 Å². The van der Waals surface area contributed by atoms with Gasteiger partial charge < -0.3 is 14.9 Å². The predicted octanol–water partition coefficient (Wildman–Crippen LogP) is 2.19.